The average Bonchev–Trinajstić information content (AvgIpc) is 2.60. The van der Waals surface area contributed by atoms with Crippen LogP contribution in [0.4, 0.5) is 0 Å². The van der Waals surface area contributed by atoms with E-state index >= 15 is 0 Å². The smallest absolute Gasteiger partial charge is 0.276 e. The number of nitrogens with zero attached hydrogens (tertiary/aromatic N) is 1. The lowest BCUT2D eigenvalue weighted by Crippen LogP contribution is -2.43. The molecule has 0 aromatic heterocycles. The van der Waals surface area contributed by atoms with Crippen molar-refractivity contribution in [2.45, 2.75) is 6.42 Å². The van der Waals surface area contributed by atoms with Gasteiger partial charge in [-0.25, -0.2) is 10.4 Å². The highest BCUT2D eigenvalue weighted by Crippen LogP contribution is 2.20. The Balaban J connectivity index is 2.03. The SMILES string of the molecule is CNCCCNN1C(=O)c2ccccc2C1=O. The molecule has 1 heterocycles. The van der Waals surface area contributed by atoms with Crippen molar-refractivity contribution in [2.75, 3.05) is 20.1 Å². The summed E-state index contributed by atoms with van der Waals surface area (Å²) in [5.74, 6) is -0.537. The standard InChI is InChI=1S/C12H15N3O2/c1-13-7-4-8-14-15-11(16)9-5-2-3-6-10(9)12(15)17/h2-3,5-6,13-14H,4,7-8H2,1H3. The summed E-state index contributed by atoms with van der Waals surface area (Å²) in [5.41, 5.74) is 3.80. The third-order valence-corrected chi connectivity index (χ3v) is 2.67. The van der Waals surface area contributed by atoms with Gasteiger partial charge in [-0.2, -0.15) is 0 Å². The lowest BCUT2D eigenvalue weighted by molar-refractivity contribution is 0.0567. The van der Waals surface area contributed by atoms with E-state index in [1.165, 1.54) is 0 Å². The highest BCUT2D eigenvalue weighted by atomic mass is 16.2. The van der Waals surface area contributed by atoms with Crippen LogP contribution in [0, 0.1) is 0 Å². The van der Waals surface area contributed by atoms with Crippen LogP contribution in [0.1, 0.15) is 27.1 Å². The molecule has 1 aliphatic heterocycles. The second-order valence-electron chi connectivity index (χ2n) is 3.86. The summed E-state index contributed by atoms with van der Waals surface area (Å²) < 4.78 is 0. The number of nitrogens with one attached hydrogen (secondary N) is 2. The summed E-state index contributed by atoms with van der Waals surface area (Å²) >= 11 is 0. The van der Waals surface area contributed by atoms with Crippen molar-refractivity contribution in [3.05, 3.63) is 35.4 Å². The van der Waals surface area contributed by atoms with Gasteiger partial charge in [0.25, 0.3) is 11.8 Å². The molecular formula is C12H15N3O2. The van der Waals surface area contributed by atoms with Crippen LogP contribution in [0.3, 0.4) is 0 Å². The van der Waals surface area contributed by atoms with Crippen molar-refractivity contribution >= 4 is 11.8 Å². The second-order valence-corrected chi connectivity index (χ2v) is 3.86. The van der Waals surface area contributed by atoms with E-state index in [-0.39, 0.29) is 11.8 Å². The van der Waals surface area contributed by atoms with Crippen LogP contribution in [-0.4, -0.2) is 37.0 Å². The quantitative estimate of drug-likeness (QED) is 0.571. The Hall–Kier alpha value is -1.72. The highest BCUT2D eigenvalue weighted by molar-refractivity contribution is 6.20. The first-order valence-electron chi connectivity index (χ1n) is 5.61. The van der Waals surface area contributed by atoms with E-state index in [4.69, 9.17) is 0 Å². The zero-order valence-corrected chi connectivity index (χ0v) is 9.69. The molecule has 0 saturated heterocycles. The van der Waals surface area contributed by atoms with Crippen molar-refractivity contribution in [3.63, 3.8) is 0 Å². The van der Waals surface area contributed by atoms with Crippen molar-refractivity contribution in [1.29, 1.82) is 0 Å². The fourth-order valence-electron chi connectivity index (χ4n) is 1.79. The van der Waals surface area contributed by atoms with Gasteiger partial charge in [0.2, 0.25) is 0 Å². The first kappa shape index (κ1) is 11.8. The molecule has 0 spiro atoms. The first-order valence-corrected chi connectivity index (χ1v) is 5.61. The summed E-state index contributed by atoms with van der Waals surface area (Å²) in [6.07, 6.45) is 0.851. The third-order valence-electron chi connectivity index (χ3n) is 2.67. The van der Waals surface area contributed by atoms with Gasteiger partial charge in [-0.05, 0) is 32.1 Å². The zero-order chi connectivity index (χ0) is 12.3. The minimum atomic E-state index is -0.268. The zero-order valence-electron chi connectivity index (χ0n) is 9.69. The highest BCUT2D eigenvalue weighted by Gasteiger charge is 2.34. The molecule has 5 heteroatoms. The number of imide groups is 1. The van der Waals surface area contributed by atoms with Gasteiger partial charge in [0.1, 0.15) is 0 Å². The Morgan fingerprint density at radius 3 is 2.18 bits per heavy atom. The molecule has 0 fully saturated rings. The summed E-state index contributed by atoms with van der Waals surface area (Å²) in [4.78, 5) is 23.8. The lowest BCUT2D eigenvalue weighted by Gasteiger charge is -2.14. The second kappa shape index (κ2) is 5.07. The van der Waals surface area contributed by atoms with Crippen molar-refractivity contribution in [2.24, 2.45) is 0 Å². The molecule has 2 amide bonds. The van der Waals surface area contributed by atoms with E-state index in [1.807, 2.05) is 7.05 Å². The fraction of sp³-hybridized carbons (Fsp3) is 0.333. The molecule has 0 unspecified atom stereocenters. The molecular weight excluding hydrogens is 218 g/mol. The van der Waals surface area contributed by atoms with E-state index in [0.717, 1.165) is 18.0 Å². The van der Waals surface area contributed by atoms with E-state index in [0.29, 0.717) is 17.7 Å². The number of amides is 2. The molecule has 17 heavy (non-hydrogen) atoms. The van der Waals surface area contributed by atoms with Crippen LogP contribution in [0.25, 0.3) is 0 Å². The van der Waals surface area contributed by atoms with Crippen LogP contribution in [0.2, 0.25) is 0 Å². The molecule has 1 aliphatic rings. The van der Waals surface area contributed by atoms with Crippen molar-refractivity contribution in [1.82, 2.24) is 15.8 Å². The van der Waals surface area contributed by atoms with E-state index < -0.39 is 0 Å². The Morgan fingerprint density at radius 1 is 1.06 bits per heavy atom. The van der Waals surface area contributed by atoms with Crippen molar-refractivity contribution < 1.29 is 9.59 Å². The number of benzene rings is 1. The number of hydrogen-bond acceptors (Lipinski definition) is 4. The van der Waals surface area contributed by atoms with Crippen LogP contribution >= 0.6 is 0 Å². The van der Waals surface area contributed by atoms with Gasteiger partial charge in [0, 0.05) is 6.54 Å². The van der Waals surface area contributed by atoms with E-state index in [2.05, 4.69) is 10.7 Å². The largest absolute Gasteiger partial charge is 0.320 e. The predicted octanol–water partition coefficient (Wildman–Crippen LogP) is 0.397. The normalized spacial score (nSPS) is 14.3. The maximum atomic E-state index is 11.9. The van der Waals surface area contributed by atoms with Crippen LogP contribution in [0.15, 0.2) is 24.3 Å². The number of rotatable bonds is 5. The Bertz CT molecular complexity index is 410. The summed E-state index contributed by atoms with van der Waals surface area (Å²) in [7, 11) is 1.86. The average molecular weight is 233 g/mol. The van der Waals surface area contributed by atoms with Gasteiger partial charge in [-0.15, -0.1) is 0 Å². The maximum absolute atomic E-state index is 11.9. The first-order chi connectivity index (χ1) is 8.25. The van der Waals surface area contributed by atoms with Crippen LogP contribution in [0.5, 0.6) is 0 Å². The molecule has 0 atom stereocenters. The van der Waals surface area contributed by atoms with Gasteiger partial charge in [0.05, 0.1) is 11.1 Å². The van der Waals surface area contributed by atoms with Gasteiger partial charge < -0.3 is 5.32 Å². The van der Waals surface area contributed by atoms with Gasteiger partial charge in [-0.1, -0.05) is 12.1 Å². The predicted molar refractivity (Wildman–Crippen MR) is 63.5 cm³/mol. The Morgan fingerprint density at radius 2 is 1.65 bits per heavy atom. The number of carbonyl (C=O) groups excluding carboxylic acids is 2. The van der Waals surface area contributed by atoms with Gasteiger partial charge >= 0.3 is 0 Å². The molecule has 5 nitrogen and oxygen atoms in total. The molecule has 2 N–H and O–H groups in total. The van der Waals surface area contributed by atoms with Gasteiger partial charge in [0.15, 0.2) is 0 Å². The lowest BCUT2D eigenvalue weighted by atomic mass is 10.1. The number of carbonyl (C=O) groups is 2. The van der Waals surface area contributed by atoms with Crippen LogP contribution < -0.4 is 10.7 Å². The molecule has 2 rings (SSSR count). The Labute approximate surface area is 99.8 Å². The molecule has 0 radical (unpaired) electrons. The molecule has 0 bridgehead atoms. The number of fused-ring (bicyclic) bond motifs is 1. The van der Waals surface area contributed by atoms with Crippen LogP contribution in [-0.2, 0) is 0 Å². The van der Waals surface area contributed by atoms with E-state index in [1.54, 1.807) is 24.3 Å². The monoisotopic (exact) mass is 233 g/mol. The maximum Gasteiger partial charge on any atom is 0.276 e. The molecule has 0 aliphatic carbocycles. The Kier molecular flexibility index (Phi) is 3.51. The molecule has 1 aromatic rings. The summed E-state index contributed by atoms with van der Waals surface area (Å²) in [5, 5.41) is 4.10. The summed E-state index contributed by atoms with van der Waals surface area (Å²) in [6.45, 7) is 1.43. The van der Waals surface area contributed by atoms with Crippen molar-refractivity contribution in [3.8, 4) is 0 Å². The topological polar surface area (TPSA) is 61.4 Å². The minimum absolute atomic E-state index is 0.268. The van der Waals surface area contributed by atoms with Gasteiger partial charge in [-0.3, -0.25) is 9.59 Å². The third kappa shape index (κ3) is 2.20. The number of hydrogen-bond donors (Lipinski definition) is 2. The molecule has 90 valence electrons. The number of hydrazine groups is 1. The molecule has 0 saturated carbocycles. The fourth-order valence-corrected chi connectivity index (χ4v) is 1.79. The summed E-state index contributed by atoms with van der Waals surface area (Å²) in [6, 6.07) is 6.86. The minimum Gasteiger partial charge on any atom is -0.320 e. The van der Waals surface area contributed by atoms with E-state index in [9.17, 15) is 9.59 Å². The molecule has 1 aromatic carbocycles.